The number of rotatable bonds is 2. The van der Waals surface area contributed by atoms with Crippen molar-refractivity contribution >= 4 is 6.09 Å². The van der Waals surface area contributed by atoms with Gasteiger partial charge in [-0.15, -0.1) is 0 Å². The third-order valence-corrected chi connectivity index (χ3v) is 2.51. The van der Waals surface area contributed by atoms with E-state index in [1.54, 1.807) is 0 Å². The smallest absolute Gasteiger partial charge is 0.407 e. The predicted octanol–water partition coefficient (Wildman–Crippen LogP) is 2.31. The van der Waals surface area contributed by atoms with E-state index in [9.17, 15) is 4.79 Å². The Hall–Kier alpha value is -0.730. The second-order valence-electron chi connectivity index (χ2n) is 4.11. The maximum atomic E-state index is 11.2. The van der Waals surface area contributed by atoms with Gasteiger partial charge in [0.15, 0.2) is 0 Å². The van der Waals surface area contributed by atoms with Crippen LogP contribution in [0.2, 0.25) is 0 Å². The number of hydrogen-bond acceptors (Lipinski definition) is 2. The summed E-state index contributed by atoms with van der Waals surface area (Å²) in [5, 5.41) is 2.90. The highest BCUT2D eigenvalue weighted by atomic mass is 16.6. The molecule has 1 N–H and O–H groups in total. The Morgan fingerprint density at radius 1 is 1.46 bits per heavy atom. The molecule has 2 unspecified atom stereocenters. The molecule has 0 aliphatic heterocycles. The van der Waals surface area contributed by atoms with Crippen molar-refractivity contribution in [3.63, 3.8) is 0 Å². The minimum absolute atomic E-state index is 0.0308. The fourth-order valence-electron chi connectivity index (χ4n) is 1.76. The van der Waals surface area contributed by atoms with Gasteiger partial charge in [0.2, 0.25) is 0 Å². The van der Waals surface area contributed by atoms with E-state index in [2.05, 4.69) is 12.2 Å². The molecule has 0 aromatic carbocycles. The largest absolute Gasteiger partial charge is 0.447 e. The van der Waals surface area contributed by atoms with E-state index in [0.717, 1.165) is 6.42 Å². The third kappa shape index (κ3) is 3.25. The lowest BCUT2D eigenvalue weighted by molar-refractivity contribution is 0.110. The van der Waals surface area contributed by atoms with Crippen molar-refractivity contribution in [1.29, 1.82) is 0 Å². The summed E-state index contributed by atoms with van der Waals surface area (Å²) in [7, 11) is 0. The fourth-order valence-corrected chi connectivity index (χ4v) is 1.76. The van der Waals surface area contributed by atoms with Crippen molar-refractivity contribution in [3.05, 3.63) is 0 Å². The van der Waals surface area contributed by atoms with Crippen LogP contribution in [0.3, 0.4) is 0 Å². The van der Waals surface area contributed by atoms with Gasteiger partial charge < -0.3 is 10.1 Å². The van der Waals surface area contributed by atoms with E-state index in [1.165, 1.54) is 12.8 Å². The first-order chi connectivity index (χ1) is 6.09. The van der Waals surface area contributed by atoms with Crippen LogP contribution in [0.5, 0.6) is 0 Å². The highest BCUT2D eigenvalue weighted by molar-refractivity contribution is 5.67. The molecule has 3 nitrogen and oxygen atoms in total. The van der Waals surface area contributed by atoms with Crippen molar-refractivity contribution in [3.8, 4) is 0 Å². The van der Waals surface area contributed by atoms with E-state index in [4.69, 9.17) is 4.74 Å². The Morgan fingerprint density at radius 3 is 2.62 bits per heavy atom. The second-order valence-corrected chi connectivity index (χ2v) is 4.11. The molecule has 0 spiro atoms. The molecule has 1 fully saturated rings. The van der Waals surface area contributed by atoms with E-state index < -0.39 is 0 Å². The molecular weight excluding hydrogens is 166 g/mol. The molecule has 0 heterocycles. The molecular formula is C10H19NO2. The van der Waals surface area contributed by atoms with Gasteiger partial charge in [0.05, 0.1) is 6.10 Å². The van der Waals surface area contributed by atoms with E-state index in [0.29, 0.717) is 12.0 Å². The van der Waals surface area contributed by atoms with Gasteiger partial charge in [0.25, 0.3) is 0 Å². The average Bonchev–Trinajstić information content (AvgIpc) is 2.34. The van der Waals surface area contributed by atoms with Crippen LogP contribution in [-0.4, -0.2) is 18.2 Å². The van der Waals surface area contributed by atoms with Crippen molar-refractivity contribution in [2.75, 3.05) is 0 Å². The second kappa shape index (κ2) is 4.49. The van der Waals surface area contributed by atoms with Gasteiger partial charge in [0, 0.05) is 6.04 Å². The molecule has 3 heteroatoms. The maximum Gasteiger partial charge on any atom is 0.407 e. The Bertz CT molecular complexity index is 180. The number of alkyl carbamates (subject to hydrolysis) is 1. The third-order valence-electron chi connectivity index (χ3n) is 2.51. The van der Waals surface area contributed by atoms with Crippen molar-refractivity contribution < 1.29 is 9.53 Å². The van der Waals surface area contributed by atoms with Crippen LogP contribution in [0.1, 0.15) is 40.0 Å². The Labute approximate surface area is 79.8 Å². The normalized spacial score (nSPS) is 27.7. The van der Waals surface area contributed by atoms with E-state index in [1.807, 2.05) is 13.8 Å². The summed E-state index contributed by atoms with van der Waals surface area (Å²) in [6.07, 6.45) is 3.22. The van der Waals surface area contributed by atoms with Crippen molar-refractivity contribution in [2.45, 2.75) is 52.2 Å². The molecule has 2 atom stereocenters. The lowest BCUT2D eigenvalue weighted by atomic mass is 10.1. The maximum absolute atomic E-state index is 11.2. The first-order valence-electron chi connectivity index (χ1n) is 5.06. The van der Waals surface area contributed by atoms with Crippen LogP contribution in [0.25, 0.3) is 0 Å². The number of hydrogen-bond donors (Lipinski definition) is 1. The zero-order valence-electron chi connectivity index (χ0n) is 8.67. The predicted molar refractivity (Wildman–Crippen MR) is 51.6 cm³/mol. The molecule has 13 heavy (non-hydrogen) atoms. The lowest BCUT2D eigenvalue weighted by Crippen LogP contribution is -2.37. The standard InChI is InChI=1S/C10H19NO2/c1-7(2)13-10(12)11-9-6-4-5-8(9)3/h7-9H,4-6H2,1-3H3,(H,11,12). The molecule has 0 aromatic heterocycles. The van der Waals surface area contributed by atoms with Crippen LogP contribution >= 0.6 is 0 Å². The van der Waals surface area contributed by atoms with Gasteiger partial charge in [-0.3, -0.25) is 0 Å². The Kier molecular flexibility index (Phi) is 3.58. The molecule has 0 bridgehead atoms. The zero-order chi connectivity index (χ0) is 9.84. The molecule has 0 aromatic rings. The summed E-state index contributed by atoms with van der Waals surface area (Å²) < 4.78 is 5.01. The van der Waals surface area contributed by atoms with Crippen LogP contribution in [0, 0.1) is 5.92 Å². The summed E-state index contributed by atoms with van der Waals surface area (Å²) in [6, 6.07) is 0.325. The molecule has 1 amide bonds. The molecule has 1 saturated carbocycles. The quantitative estimate of drug-likeness (QED) is 0.717. The number of carbonyl (C=O) groups excluding carboxylic acids is 1. The summed E-state index contributed by atoms with van der Waals surface area (Å²) in [5.74, 6) is 0.597. The number of nitrogens with one attached hydrogen (secondary N) is 1. The first kappa shape index (κ1) is 10.4. The van der Waals surface area contributed by atoms with Gasteiger partial charge in [0.1, 0.15) is 0 Å². The molecule has 0 saturated heterocycles. The van der Waals surface area contributed by atoms with Gasteiger partial charge in [-0.25, -0.2) is 4.79 Å². The van der Waals surface area contributed by atoms with Gasteiger partial charge in [-0.1, -0.05) is 13.3 Å². The van der Waals surface area contributed by atoms with Crippen LogP contribution in [0.4, 0.5) is 4.79 Å². The number of amides is 1. The van der Waals surface area contributed by atoms with Crippen molar-refractivity contribution in [2.24, 2.45) is 5.92 Å². The summed E-state index contributed by atoms with van der Waals surface area (Å²) in [5.41, 5.74) is 0. The summed E-state index contributed by atoms with van der Waals surface area (Å²) in [6.45, 7) is 5.89. The van der Waals surface area contributed by atoms with Crippen LogP contribution in [-0.2, 0) is 4.74 Å². The van der Waals surface area contributed by atoms with Crippen LogP contribution in [0.15, 0.2) is 0 Å². The van der Waals surface area contributed by atoms with E-state index in [-0.39, 0.29) is 12.2 Å². The van der Waals surface area contributed by atoms with Gasteiger partial charge in [-0.2, -0.15) is 0 Å². The first-order valence-corrected chi connectivity index (χ1v) is 5.06. The highest BCUT2D eigenvalue weighted by Gasteiger charge is 2.25. The van der Waals surface area contributed by atoms with Crippen molar-refractivity contribution in [1.82, 2.24) is 5.32 Å². The lowest BCUT2D eigenvalue weighted by Gasteiger charge is -2.18. The van der Waals surface area contributed by atoms with Gasteiger partial charge in [-0.05, 0) is 32.6 Å². The van der Waals surface area contributed by atoms with Gasteiger partial charge >= 0.3 is 6.09 Å². The number of carbonyl (C=O) groups is 1. The minimum Gasteiger partial charge on any atom is -0.447 e. The van der Waals surface area contributed by atoms with E-state index >= 15 is 0 Å². The molecule has 0 radical (unpaired) electrons. The molecule has 1 rings (SSSR count). The molecule has 76 valence electrons. The molecule has 1 aliphatic carbocycles. The minimum atomic E-state index is -0.270. The SMILES string of the molecule is CC(C)OC(=O)NC1CCCC1C. The monoisotopic (exact) mass is 185 g/mol. The average molecular weight is 185 g/mol. The summed E-state index contributed by atoms with van der Waals surface area (Å²) in [4.78, 5) is 11.2. The topological polar surface area (TPSA) is 38.3 Å². The number of ether oxygens (including phenoxy) is 1. The van der Waals surface area contributed by atoms with Crippen LogP contribution < -0.4 is 5.32 Å². The zero-order valence-corrected chi connectivity index (χ0v) is 8.67. The Morgan fingerprint density at radius 2 is 2.15 bits per heavy atom. The fraction of sp³-hybridized carbons (Fsp3) is 0.900. The Balaban J connectivity index is 2.27. The molecule has 1 aliphatic rings. The highest BCUT2D eigenvalue weighted by Crippen LogP contribution is 2.24. The summed E-state index contributed by atoms with van der Waals surface area (Å²) >= 11 is 0.